The van der Waals surface area contributed by atoms with Crippen molar-refractivity contribution < 1.29 is 4.74 Å². The first-order valence-electron chi connectivity index (χ1n) is 2.55. The third kappa shape index (κ3) is 1.91. The topological polar surface area (TPSA) is 9.23 Å². The monoisotopic (exact) mass is 254 g/mol. The first-order chi connectivity index (χ1) is 4.34. The molecule has 1 aromatic heterocycles. The summed E-state index contributed by atoms with van der Waals surface area (Å²) in [7, 11) is 1.72. The molecular formula is C6H7IOS. The number of methoxy groups -OCH3 is 1. The van der Waals surface area contributed by atoms with Crippen LogP contribution < -0.4 is 0 Å². The summed E-state index contributed by atoms with van der Waals surface area (Å²) in [6, 6.07) is 2.09. The minimum atomic E-state index is 0.738. The molecule has 1 rings (SSSR count). The van der Waals surface area contributed by atoms with Crippen LogP contribution in [0.15, 0.2) is 11.4 Å². The van der Waals surface area contributed by atoms with Crippen molar-refractivity contribution in [1.29, 1.82) is 0 Å². The summed E-state index contributed by atoms with van der Waals surface area (Å²) in [4.78, 5) is 0. The molecule has 0 unspecified atom stereocenters. The number of hydrogen-bond donors (Lipinski definition) is 0. The zero-order valence-electron chi connectivity index (χ0n) is 5.06. The molecule has 0 saturated heterocycles. The Hall–Kier alpha value is 0.390. The van der Waals surface area contributed by atoms with Crippen LogP contribution >= 0.6 is 33.9 Å². The third-order valence-electron chi connectivity index (χ3n) is 0.993. The standard InChI is InChI=1S/C6H7IOS/c1-8-4-5-2-3-9-6(5)7/h2-3H,4H2,1H3. The lowest BCUT2D eigenvalue weighted by Gasteiger charge is -1.93. The van der Waals surface area contributed by atoms with Crippen LogP contribution in [0.5, 0.6) is 0 Å². The Labute approximate surface area is 72.2 Å². The van der Waals surface area contributed by atoms with Gasteiger partial charge < -0.3 is 4.74 Å². The normalized spacial score (nSPS) is 10.0. The van der Waals surface area contributed by atoms with Crippen LogP contribution in [-0.2, 0) is 11.3 Å². The zero-order chi connectivity index (χ0) is 6.69. The molecule has 0 atom stereocenters. The lowest BCUT2D eigenvalue weighted by atomic mass is 10.4. The van der Waals surface area contributed by atoms with Gasteiger partial charge in [0.05, 0.1) is 9.49 Å². The molecule has 0 fully saturated rings. The molecule has 0 N–H and O–H groups in total. The molecule has 0 aliphatic heterocycles. The minimum Gasteiger partial charge on any atom is -0.380 e. The second-order valence-electron chi connectivity index (χ2n) is 1.65. The SMILES string of the molecule is COCc1ccsc1I. The van der Waals surface area contributed by atoms with E-state index in [0.717, 1.165) is 6.61 Å². The first-order valence-corrected chi connectivity index (χ1v) is 4.51. The van der Waals surface area contributed by atoms with Crippen LogP contribution in [0.3, 0.4) is 0 Å². The fourth-order valence-corrected chi connectivity index (χ4v) is 1.98. The highest BCUT2D eigenvalue weighted by molar-refractivity contribution is 14.1. The van der Waals surface area contributed by atoms with E-state index in [1.165, 1.54) is 8.45 Å². The maximum atomic E-state index is 4.97. The largest absolute Gasteiger partial charge is 0.380 e. The third-order valence-corrected chi connectivity index (χ3v) is 3.19. The molecule has 1 heterocycles. The van der Waals surface area contributed by atoms with E-state index in [9.17, 15) is 0 Å². The number of halogens is 1. The van der Waals surface area contributed by atoms with E-state index in [4.69, 9.17) is 4.74 Å². The van der Waals surface area contributed by atoms with Gasteiger partial charge in [-0.3, -0.25) is 0 Å². The van der Waals surface area contributed by atoms with Gasteiger partial charge in [0.25, 0.3) is 0 Å². The predicted octanol–water partition coefficient (Wildman–Crippen LogP) is 2.50. The van der Waals surface area contributed by atoms with Crippen molar-refractivity contribution in [3.8, 4) is 0 Å². The summed E-state index contributed by atoms with van der Waals surface area (Å²) in [5, 5.41) is 2.08. The molecule has 1 nitrogen and oxygen atoms in total. The van der Waals surface area contributed by atoms with Gasteiger partial charge in [0.2, 0.25) is 0 Å². The van der Waals surface area contributed by atoms with Gasteiger partial charge in [-0.2, -0.15) is 0 Å². The Kier molecular flexibility index (Phi) is 2.94. The summed E-state index contributed by atoms with van der Waals surface area (Å²) in [6.07, 6.45) is 0. The van der Waals surface area contributed by atoms with Gasteiger partial charge in [-0.15, -0.1) is 11.3 Å². The van der Waals surface area contributed by atoms with Gasteiger partial charge in [-0.05, 0) is 34.0 Å². The molecule has 1 aromatic rings. The van der Waals surface area contributed by atoms with Crippen molar-refractivity contribution in [2.24, 2.45) is 0 Å². The summed E-state index contributed by atoms with van der Waals surface area (Å²) in [5.74, 6) is 0. The van der Waals surface area contributed by atoms with Crippen molar-refractivity contribution in [2.75, 3.05) is 7.11 Å². The lowest BCUT2D eigenvalue weighted by molar-refractivity contribution is 0.184. The second kappa shape index (κ2) is 3.53. The van der Waals surface area contributed by atoms with E-state index in [1.807, 2.05) is 0 Å². The fraction of sp³-hybridized carbons (Fsp3) is 0.333. The molecule has 0 radical (unpaired) electrons. The summed E-state index contributed by atoms with van der Waals surface area (Å²) in [6.45, 7) is 0.738. The van der Waals surface area contributed by atoms with Crippen molar-refractivity contribution in [3.63, 3.8) is 0 Å². The molecule has 50 valence electrons. The maximum Gasteiger partial charge on any atom is 0.0731 e. The predicted molar refractivity (Wildman–Crippen MR) is 47.7 cm³/mol. The van der Waals surface area contributed by atoms with Crippen LogP contribution in [0.1, 0.15) is 5.56 Å². The van der Waals surface area contributed by atoms with Gasteiger partial charge in [-0.1, -0.05) is 0 Å². The van der Waals surface area contributed by atoms with Crippen LogP contribution in [-0.4, -0.2) is 7.11 Å². The Morgan fingerprint density at radius 3 is 3.00 bits per heavy atom. The van der Waals surface area contributed by atoms with Gasteiger partial charge >= 0.3 is 0 Å². The van der Waals surface area contributed by atoms with E-state index in [2.05, 4.69) is 34.0 Å². The highest BCUT2D eigenvalue weighted by Gasteiger charge is 1.97. The van der Waals surface area contributed by atoms with Gasteiger partial charge in [0.15, 0.2) is 0 Å². The highest BCUT2D eigenvalue weighted by Crippen LogP contribution is 2.18. The Morgan fingerprint density at radius 1 is 1.78 bits per heavy atom. The van der Waals surface area contributed by atoms with Crippen LogP contribution in [0.2, 0.25) is 0 Å². The van der Waals surface area contributed by atoms with Gasteiger partial charge in [-0.25, -0.2) is 0 Å². The second-order valence-corrected chi connectivity index (χ2v) is 4.38. The van der Waals surface area contributed by atoms with Crippen molar-refractivity contribution in [2.45, 2.75) is 6.61 Å². The lowest BCUT2D eigenvalue weighted by Crippen LogP contribution is -1.84. The quantitative estimate of drug-likeness (QED) is 0.737. The average Bonchev–Trinajstić information content (AvgIpc) is 2.18. The highest BCUT2D eigenvalue weighted by atomic mass is 127. The van der Waals surface area contributed by atoms with Crippen molar-refractivity contribution in [3.05, 3.63) is 19.9 Å². The van der Waals surface area contributed by atoms with Gasteiger partial charge in [0.1, 0.15) is 0 Å². The summed E-state index contributed by atoms with van der Waals surface area (Å²) in [5.41, 5.74) is 1.29. The molecular weight excluding hydrogens is 247 g/mol. The Balaban J connectivity index is 2.69. The van der Waals surface area contributed by atoms with E-state index < -0.39 is 0 Å². The van der Waals surface area contributed by atoms with Gasteiger partial charge in [0, 0.05) is 12.7 Å². The number of hydrogen-bond acceptors (Lipinski definition) is 2. The molecule has 9 heavy (non-hydrogen) atoms. The van der Waals surface area contributed by atoms with E-state index in [-0.39, 0.29) is 0 Å². The zero-order valence-corrected chi connectivity index (χ0v) is 8.03. The molecule has 0 spiro atoms. The Bertz CT molecular complexity index is 185. The molecule has 0 saturated carbocycles. The average molecular weight is 254 g/mol. The number of thiophene rings is 1. The van der Waals surface area contributed by atoms with Crippen LogP contribution in [0.4, 0.5) is 0 Å². The first kappa shape index (κ1) is 7.50. The minimum absolute atomic E-state index is 0.738. The van der Waals surface area contributed by atoms with Crippen LogP contribution in [0, 0.1) is 2.88 Å². The number of rotatable bonds is 2. The Morgan fingerprint density at radius 2 is 2.56 bits per heavy atom. The molecule has 0 amide bonds. The van der Waals surface area contributed by atoms with E-state index >= 15 is 0 Å². The van der Waals surface area contributed by atoms with Crippen molar-refractivity contribution in [1.82, 2.24) is 0 Å². The molecule has 0 aromatic carbocycles. The summed E-state index contributed by atoms with van der Waals surface area (Å²) >= 11 is 4.07. The number of ether oxygens (including phenoxy) is 1. The molecule has 0 bridgehead atoms. The molecule has 3 heteroatoms. The fourth-order valence-electron chi connectivity index (χ4n) is 0.577. The maximum absolute atomic E-state index is 4.97. The summed E-state index contributed by atoms with van der Waals surface area (Å²) < 4.78 is 6.30. The molecule has 0 aliphatic rings. The molecule has 0 aliphatic carbocycles. The smallest absolute Gasteiger partial charge is 0.0731 e. The van der Waals surface area contributed by atoms with Crippen LogP contribution in [0.25, 0.3) is 0 Å². The van der Waals surface area contributed by atoms with E-state index in [1.54, 1.807) is 18.4 Å². The van der Waals surface area contributed by atoms with Crippen molar-refractivity contribution >= 4 is 33.9 Å². The van der Waals surface area contributed by atoms with E-state index in [0.29, 0.717) is 0 Å².